The second-order valence-corrected chi connectivity index (χ2v) is 5.72. The van der Waals surface area contributed by atoms with Crippen LogP contribution in [-0.2, 0) is 14.3 Å². The number of hydrogen-bond donors (Lipinski definition) is 0. The third-order valence-electron chi connectivity index (χ3n) is 3.37. The molecule has 0 N–H and O–H groups in total. The highest BCUT2D eigenvalue weighted by Gasteiger charge is 2.01. The Morgan fingerprint density at radius 1 is 1.17 bits per heavy atom. The molecule has 0 saturated heterocycles. The molecule has 0 aliphatic heterocycles. The molecule has 0 unspecified atom stereocenters. The number of hydrogen-bond acceptors (Lipinski definition) is 4. The van der Waals surface area contributed by atoms with E-state index in [1.54, 1.807) is 12.3 Å². The molecule has 4 heteroatoms. The van der Waals surface area contributed by atoms with E-state index in [1.165, 1.54) is 6.08 Å². The lowest BCUT2D eigenvalue weighted by atomic mass is 10.1. The number of ether oxygens (including phenoxy) is 2. The Labute approximate surface area is 137 Å². The van der Waals surface area contributed by atoms with Gasteiger partial charge in [0.15, 0.2) is 0 Å². The Bertz CT molecular complexity index is 659. The molecule has 0 atom stereocenters. The minimum atomic E-state index is -0.370. The fourth-order valence-electron chi connectivity index (χ4n) is 2.09. The van der Waals surface area contributed by atoms with E-state index in [2.05, 4.69) is 18.8 Å². The molecule has 0 saturated carbocycles. The fourth-order valence-corrected chi connectivity index (χ4v) is 2.09. The Morgan fingerprint density at radius 2 is 2.00 bits per heavy atom. The molecule has 0 fully saturated rings. The molecule has 122 valence electrons. The Kier molecular flexibility index (Phi) is 6.76. The van der Waals surface area contributed by atoms with Gasteiger partial charge in [0.05, 0.1) is 12.1 Å². The largest absolute Gasteiger partial charge is 0.460 e. The van der Waals surface area contributed by atoms with Gasteiger partial charge in [-0.25, -0.2) is 4.79 Å². The van der Waals surface area contributed by atoms with Gasteiger partial charge in [0, 0.05) is 29.8 Å². The molecule has 0 amide bonds. The van der Waals surface area contributed by atoms with Crippen LogP contribution in [0.25, 0.3) is 17.0 Å². The van der Waals surface area contributed by atoms with Crippen LogP contribution in [0.15, 0.2) is 42.6 Å². The zero-order valence-corrected chi connectivity index (χ0v) is 13.7. The van der Waals surface area contributed by atoms with E-state index in [9.17, 15) is 4.79 Å². The van der Waals surface area contributed by atoms with Crippen molar-refractivity contribution >= 4 is 22.9 Å². The van der Waals surface area contributed by atoms with Crippen molar-refractivity contribution in [1.29, 1.82) is 0 Å². The lowest BCUT2D eigenvalue weighted by Crippen LogP contribution is -2.09. The molecular weight excluding hydrogens is 290 g/mol. The van der Waals surface area contributed by atoms with Crippen molar-refractivity contribution in [2.45, 2.75) is 20.3 Å². The maximum atomic E-state index is 11.7. The van der Waals surface area contributed by atoms with Gasteiger partial charge in [0.25, 0.3) is 0 Å². The van der Waals surface area contributed by atoms with Gasteiger partial charge >= 0.3 is 5.97 Å². The maximum Gasteiger partial charge on any atom is 0.330 e. The first-order chi connectivity index (χ1) is 11.2. The number of rotatable bonds is 8. The summed E-state index contributed by atoms with van der Waals surface area (Å²) >= 11 is 0. The van der Waals surface area contributed by atoms with E-state index in [0.717, 1.165) is 22.9 Å². The fraction of sp³-hybridized carbons (Fsp3) is 0.368. The van der Waals surface area contributed by atoms with Gasteiger partial charge in [-0.05, 0) is 24.5 Å². The van der Waals surface area contributed by atoms with Crippen LogP contribution in [0.5, 0.6) is 0 Å². The van der Waals surface area contributed by atoms with Gasteiger partial charge in [-0.3, -0.25) is 4.98 Å². The number of pyridine rings is 1. The van der Waals surface area contributed by atoms with Gasteiger partial charge in [0.1, 0.15) is 6.61 Å². The summed E-state index contributed by atoms with van der Waals surface area (Å²) in [5.41, 5.74) is 1.77. The van der Waals surface area contributed by atoms with Crippen molar-refractivity contribution in [1.82, 2.24) is 4.98 Å². The molecule has 0 aliphatic rings. The SMILES string of the molecule is CC(C)CCOCCOC(=O)C=Cc1cccc2cccnc12. The summed E-state index contributed by atoms with van der Waals surface area (Å²) in [6.45, 7) is 5.70. The van der Waals surface area contributed by atoms with Crippen molar-refractivity contribution in [3.8, 4) is 0 Å². The molecule has 2 aromatic rings. The normalized spacial score (nSPS) is 11.4. The van der Waals surface area contributed by atoms with E-state index < -0.39 is 0 Å². The highest BCUT2D eigenvalue weighted by Crippen LogP contribution is 2.17. The van der Waals surface area contributed by atoms with Crippen molar-refractivity contribution in [2.24, 2.45) is 5.92 Å². The Hall–Kier alpha value is -2.20. The summed E-state index contributed by atoms with van der Waals surface area (Å²) in [6.07, 6.45) is 5.92. The third kappa shape index (κ3) is 5.83. The smallest absolute Gasteiger partial charge is 0.330 e. The van der Waals surface area contributed by atoms with Crippen molar-refractivity contribution in [3.63, 3.8) is 0 Å². The lowest BCUT2D eigenvalue weighted by Gasteiger charge is -2.06. The summed E-state index contributed by atoms with van der Waals surface area (Å²) in [5.74, 6) is 0.250. The molecule has 4 nitrogen and oxygen atoms in total. The summed E-state index contributed by atoms with van der Waals surface area (Å²) in [7, 11) is 0. The van der Waals surface area contributed by atoms with Crippen molar-refractivity contribution in [3.05, 3.63) is 48.2 Å². The average Bonchev–Trinajstić information content (AvgIpc) is 2.55. The van der Waals surface area contributed by atoms with E-state index >= 15 is 0 Å². The first-order valence-electron chi connectivity index (χ1n) is 7.93. The van der Waals surface area contributed by atoms with E-state index in [4.69, 9.17) is 9.47 Å². The molecule has 1 aromatic heterocycles. The maximum absolute atomic E-state index is 11.7. The number of esters is 1. The van der Waals surface area contributed by atoms with E-state index in [0.29, 0.717) is 19.1 Å². The van der Waals surface area contributed by atoms with Gasteiger partial charge in [-0.15, -0.1) is 0 Å². The zero-order chi connectivity index (χ0) is 16.5. The van der Waals surface area contributed by atoms with Gasteiger partial charge < -0.3 is 9.47 Å². The summed E-state index contributed by atoms with van der Waals surface area (Å²) in [6, 6.07) is 9.74. The van der Waals surface area contributed by atoms with Gasteiger partial charge in [-0.2, -0.15) is 0 Å². The first kappa shape index (κ1) is 17.2. The molecule has 23 heavy (non-hydrogen) atoms. The van der Waals surface area contributed by atoms with Crippen LogP contribution >= 0.6 is 0 Å². The van der Waals surface area contributed by atoms with Gasteiger partial charge in [-0.1, -0.05) is 38.1 Å². The molecule has 0 spiro atoms. The third-order valence-corrected chi connectivity index (χ3v) is 3.37. The number of carbonyl (C=O) groups excluding carboxylic acids is 1. The number of fused-ring (bicyclic) bond motifs is 1. The van der Waals surface area contributed by atoms with E-state index in [-0.39, 0.29) is 12.6 Å². The summed E-state index contributed by atoms with van der Waals surface area (Å²) in [5, 5.41) is 1.04. The number of aromatic nitrogens is 1. The van der Waals surface area contributed by atoms with Crippen LogP contribution in [0.4, 0.5) is 0 Å². The minimum Gasteiger partial charge on any atom is -0.460 e. The Morgan fingerprint density at radius 3 is 2.83 bits per heavy atom. The summed E-state index contributed by atoms with van der Waals surface area (Å²) in [4.78, 5) is 16.1. The van der Waals surface area contributed by atoms with Crippen LogP contribution < -0.4 is 0 Å². The van der Waals surface area contributed by atoms with Crippen LogP contribution in [0, 0.1) is 5.92 Å². The first-order valence-corrected chi connectivity index (χ1v) is 7.93. The van der Waals surface area contributed by atoms with Crippen molar-refractivity contribution in [2.75, 3.05) is 19.8 Å². The zero-order valence-electron chi connectivity index (χ0n) is 13.7. The van der Waals surface area contributed by atoms with Crippen LogP contribution in [-0.4, -0.2) is 30.8 Å². The molecule has 0 aliphatic carbocycles. The van der Waals surface area contributed by atoms with Gasteiger partial charge in [0.2, 0.25) is 0 Å². The molecule has 1 heterocycles. The average molecular weight is 313 g/mol. The molecular formula is C19H23NO3. The highest BCUT2D eigenvalue weighted by molar-refractivity contribution is 5.92. The quantitative estimate of drug-likeness (QED) is 0.422. The lowest BCUT2D eigenvalue weighted by molar-refractivity contribution is -0.139. The second-order valence-electron chi connectivity index (χ2n) is 5.72. The number of para-hydroxylation sites is 1. The monoisotopic (exact) mass is 313 g/mol. The molecule has 2 rings (SSSR count). The van der Waals surface area contributed by atoms with Crippen LogP contribution in [0.2, 0.25) is 0 Å². The molecule has 0 bridgehead atoms. The number of carbonyl (C=O) groups is 1. The van der Waals surface area contributed by atoms with E-state index in [1.807, 2.05) is 30.3 Å². The second kappa shape index (κ2) is 9.06. The predicted molar refractivity (Wildman–Crippen MR) is 92.0 cm³/mol. The number of benzene rings is 1. The van der Waals surface area contributed by atoms with Crippen LogP contribution in [0.1, 0.15) is 25.8 Å². The molecule has 1 aromatic carbocycles. The minimum absolute atomic E-state index is 0.273. The Balaban J connectivity index is 1.79. The standard InChI is InChI=1S/C19H23NO3/c1-15(2)10-12-22-13-14-23-18(21)9-8-17-6-3-5-16-7-4-11-20-19(16)17/h3-9,11,15H,10,12-14H2,1-2H3. The topological polar surface area (TPSA) is 48.4 Å². The summed E-state index contributed by atoms with van der Waals surface area (Å²) < 4.78 is 10.5. The number of nitrogens with zero attached hydrogens (tertiary/aromatic N) is 1. The predicted octanol–water partition coefficient (Wildman–Crippen LogP) is 3.85. The van der Waals surface area contributed by atoms with Crippen LogP contribution in [0.3, 0.4) is 0 Å². The molecule has 0 radical (unpaired) electrons. The van der Waals surface area contributed by atoms with Crippen molar-refractivity contribution < 1.29 is 14.3 Å². The highest BCUT2D eigenvalue weighted by atomic mass is 16.6.